The van der Waals surface area contributed by atoms with Gasteiger partial charge in [-0.25, -0.2) is 0 Å². The first-order chi connectivity index (χ1) is 9.08. The minimum Gasteiger partial charge on any atom is -0.345 e. The van der Waals surface area contributed by atoms with Gasteiger partial charge in [-0.2, -0.15) is 0 Å². The van der Waals surface area contributed by atoms with Crippen LogP contribution in [0.2, 0.25) is 0 Å². The highest BCUT2D eigenvalue weighted by atomic mass is 79.9. The van der Waals surface area contributed by atoms with E-state index < -0.39 is 0 Å². The molecule has 0 heterocycles. The Morgan fingerprint density at radius 3 is 2.58 bits per heavy atom. The smallest absolute Gasteiger partial charge is 0.252 e. The van der Waals surface area contributed by atoms with Crippen LogP contribution in [0.3, 0.4) is 0 Å². The van der Waals surface area contributed by atoms with Crippen molar-refractivity contribution in [1.29, 1.82) is 0 Å². The fraction of sp³-hybridized carbons (Fsp3) is 0.133. The molecule has 4 heteroatoms. The Morgan fingerprint density at radius 2 is 1.89 bits per heavy atom. The van der Waals surface area contributed by atoms with Gasteiger partial charge >= 0.3 is 0 Å². The van der Waals surface area contributed by atoms with Gasteiger partial charge in [0.2, 0.25) is 0 Å². The van der Waals surface area contributed by atoms with E-state index in [1.54, 1.807) is 6.07 Å². The van der Waals surface area contributed by atoms with Crippen LogP contribution in [-0.2, 0) is 0 Å². The molecule has 0 saturated carbocycles. The summed E-state index contributed by atoms with van der Waals surface area (Å²) in [4.78, 5) is 13.0. The largest absolute Gasteiger partial charge is 0.345 e. The molecule has 98 valence electrons. The van der Waals surface area contributed by atoms with E-state index >= 15 is 0 Å². The van der Waals surface area contributed by atoms with E-state index in [0.717, 1.165) is 14.9 Å². The van der Waals surface area contributed by atoms with Gasteiger partial charge in [-0.15, -0.1) is 12.6 Å². The van der Waals surface area contributed by atoms with Gasteiger partial charge in [0.25, 0.3) is 5.91 Å². The maximum atomic E-state index is 12.2. The second-order valence-electron chi connectivity index (χ2n) is 4.27. The van der Waals surface area contributed by atoms with Gasteiger partial charge in [0.05, 0.1) is 11.6 Å². The lowest BCUT2D eigenvalue weighted by atomic mass is 10.1. The van der Waals surface area contributed by atoms with Crippen LogP contribution in [0, 0.1) is 0 Å². The molecule has 0 spiro atoms. The second-order valence-corrected chi connectivity index (χ2v) is 5.64. The molecule has 2 aromatic rings. The molecular formula is C15H14BrNOS. The van der Waals surface area contributed by atoms with Gasteiger partial charge in [-0.3, -0.25) is 4.79 Å². The van der Waals surface area contributed by atoms with Crippen LogP contribution in [0.25, 0.3) is 0 Å². The Morgan fingerprint density at radius 1 is 1.21 bits per heavy atom. The van der Waals surface area contributed by atoms with Crippen molar-refractivity contribution in [2.24, 2.45) is 0 Å². The van der Waals surface area contributed by atoms with Crippen LogP contribution >= 0.6 is 28.6 Å². The van der Waals surface area contributed by atoms with Gasteiger partial charge in [0, 0.05) is 9.37 Å². The number of carbonyl (C=O) groups is 1. The summed E-state index contributed by atoms with van der Waals surface area (Å²) in [5.74, 6) is -0.112. The minimum absolute atomic E-state index is 0.0378. The van der Waals surface area contributed by atoms with Crippen molar-refractivity contribution in [3.8, 4) is 0 Å². The van der Waals surface area contributed by atoms with Crippen molar-refractivity contribution < 1.29 is 4.79 Å². The highest BCUT2D eigenvalue weighted by Crippen LogP contribution is 2.21. The van der Waals surface area contributed by atoms with E-state index in [9.17, 15) is 4.79 Å². The van der Waals surface area contributed by atoms with Crippen molar-refractivity contribution in [2.75, 3.05) is 0 Å². The van der Waals surface area contributed by atoms with E-state index in [4.69, 9.17) is 0 Å². The normalized spacial score (nSPS) is 11.9. The molecule has 2 rings (SSSR count). The number of carbonyl (C=O) groups excluding carboxylic acids is 1. The molecule has 19 heavy (non-hydrogen) atoms. The van der Waals surface area contributed by atoms with Crippen molar-refractivity contribution in [3.63, 3.8) is 0 Å². The van der Waals surface area contributed by atoms with Crippen LogP contribution in [0.1, 0.15) is 28.9 Å². The van der Waals surface area contributed by atoms with Gasteiger partial charge < -0.3 is 5.32 Å². The van der Waals surface area contributed by atoms with E-state index in [0.29, 0.717) is 5.56 Å². The lowest BCUT2D eigenvalue weighted by molar-refractivity contribution is 0.0939. The Hall–Kier alpha value is -1.26. The molecule has 1 amide bonds. The van der Waals surface area contributed by atoms with E-state index in [1.807, 2.05) is 49.4 Å². The molecule has 2 aromatic carbocycles. The molecule has 0 saturated heterocycles. The minimum atomic E-state index is -0.112. The highest BCUT2D eigenvalue weighted by molar-refractivity contribution is 9.10. The molecular weight excluding hydrogens is 322 g/mol. The van der Waals surface area contributed by atoms with E-state index in [2.05, 4.69) is 33.9 Å². The molecule has 0 aromatic heterocycles. The van der Waals surface area contributed by atoms with E-state index in [1.165, 1.54) is 0 Å². The Balaban J connectivity index is 2.15. The average molecular weight is 336 g/mol. The van der Waals surface area contributed by atoms with Crippen LogP contribution in [0.5, 0.6) is 0 Å². The first-order valence-electron chi connectivity index (χ1n) is 5.92. The average Bonchev–Trinajstić information content (AvgIpc) is 2.42. The van der Waals surface area contributed by atoms with Gasteiger partial charge in [0.15, 0.2) is 0 Å². The standard InChI is InChI=1S/C15H14BrNOS/c1-10(11-5-3-2-4-6-11)17-15(18)13-9-12(19)7-8-14(13)16/h2-10,19H,1H3,(H,17,18). The van der Waals surface area contributed by atoms with Crippen molar-refractivity contribution >= 4 is 34.5 Å². The summed E-state index contributed by atoms with van der Waals surface area (Å²) in [5.41, 5.74) is 1.67. The topological polar surface area (TPSA) is 29.1 Å². The zero-order valence-corrected chi connectivity index (χ0v) is 12.9. The molecule has 1 N–H and O–H groups in total. The van der Waals surface area contributed by atoms with Crippen LogP contribution in [0.15, 0.2) is 57.9 Å². The molecule has 0 aliphatic rings. The number of benzene rings is 2. The van der Waals surface area contributed by atoms with Gasteiger partial charge in [0.1, 0.15) is 0 Å². The van der Waals surface area contributed by atoms with Crippen LogP contribution < -0.4 is 5.32 Å². The number of halogens is 1. The number of amides is 1. The molecule has 0 aliphatic carbocycles. The molecule has 0 radical (unpaired) electrons. The Labute approximate surface area is 126 Å². The lowest BCUT2D eigenvalue weighted by Crippen LogP contribution is -2.26. The third-order valence-corrected chi connectivity index (χ3v) is 3.81. The third kappa shape index (κ3) is 3.61. The number of hydrogen-bond acceptors (Lipinski definition) is 2. The second kappa shape index (κ2) is 6.26. The Bertz CT molecular complexity index is 586. The quantitative estimate of drug-likeness (QED) is 0.807. The van der Waals surface area contributed by atoms with Gasteiger partial charge in [-0.1, -0.05) is 30.3 Å². The summed E-state index contributed by atoms with van der Waals surface area (Å²) in [7, 11) is 0. The van der Waals surface area contributed by atoms with Crippen molar-refractivity contribution in [1.82, 2.24) is 5.32 Å². The Kier molecular flexibility index (Phi) is 4.66. The number of hydrogen-bond donors (Lipinski definition) is 2. The molecule has 1 unspecified atom stereocenters. The molecule has 0 fully saturated rings. The zero-order valence-electron chi connectivity index (χ0n) is 10.4. The number of rotatable bonds is 3. The lowest BCUT2D eigenvalue weighted by Gasteiger charge is -2.15. The monoisotopic (exact) mass is 335 g/mol. The first-order valence-corrected chi connectivity index (χ1v) is 7.16. The maximum absolute atomic E-state index is 12.2. The summed E-state index contributed by atoms with van der Waals surface area (Å²) in [5, 5.41) is 2.98. The van der Waals surface area contributed by atoms with Crippen molar-refractivity contribution in [3.05, 3.63) is 64.1 Å². The fourth-order valence-corrected chi connectivity index (χ4v) is 2.42. The van der Waals surface area contributed by atoms with Gasteiger partial charge in [-0.05, 0) is 46.6 Å². The highest BCUT2D eigenvalue weighted by Gasteiger charge is 2.14. The molecule has 1 atom stereocenters. The SMILES string of the molecule is CC(NC(=O)c1cc(S)ccc1Br)c1ccccc1. The summed E-state index contributed by atoms with van der Waals surface area (Å²) in [6.07, 6.45) is 0. The summed E-state index contributed by atoms with van der Waals surface area (Å²) in [6.45, 7) is 1.96. The molecule has 0 aliphatic heterocycles. The fourth-order valence-electron chi connectivity index (χ4n) is 1.79. The number of thiol groups is 1. The maximum Gasteiger partial charge on any atom is 0.252 e. The van der Waals surface area contributed by atoms with Crippen molar-refractivity contribution in [2.45, 2.75) is 17.9 Å². The summed E-state index contributed by atoms with van der Waals surface area (Å²) >= 11 is 7.64. The predicted molar refractivity (Wildman–Crippen MR) is 83.7 cm³/mol. The third-order valence-electron chi connectivity index (χ3n) is 2.84. The van der Waals surface area contributed by atoms with Crippen LogP contribution in [0.4, 0.5) is 0 Å². The van der Waals surface area contributed by atoms with E-state index in [-0.39, 0.29) is 11.9 Å². The summed E-state index contributed by atoms with van der Waals surface area (Å²) in [6, 6.07) is 15.2. The predicted octanol–water partition coefficient (Wildman–Crippen LogP) is 4.23. The van der Waals surface area contributed by atoms with Crippen LogP contribution in [-0.4, -0.2) is 5.91 Å². The summed E-state index contributed by atoms with van der Waals surface area (Å²) < 4.78 is 0.767. The molecule has 0 bridgehead atoms. The first kappa shape index (κ1) is 14.2. The molecule has 2 nitrogen and oxygen atoms in total. The zero-order chi connectivity index (χ0) is 13.8. The number of nitrogens with one attached hydrogen (secondary N) is 1.